The maximum absolute atomic E-state index is 9.82. The summed E-state index contributed by atoms with van der Waals surface area (Å²) < 4.78 is 2.25. The molecule has 0 bridgehead atoms. The van der Waals surface area contributed by atoms with Crippen molar-refractivity contribution in [3.8, 4) is 5.69 Å². The molecule has 0 saturated carbocycles. The molecule has 0 aliphatic rings. The Hall–Kier alpha value is -3.34. The first-order valence-corrected chi connectivity index (χ1v) is 9.60. The van der Waals surface area contributed by atoms with Crippen molar-refractivity contribution in [3.05, 3.63) is 109 Å². The smallest absolute Gasteiger partial charge is 0.423 e. The first-order valence-electron chi connectivity index (χ1n) is 9.60. The summed E-state index contributed by atoms with van der Waals surface area (Å²) in [6.45, 7) is 5.58. The van der Waals surface area contributed by atoms with E-state index in [2.05, 4.69) is 47.5 Å². The molecule has 0 atom stereocenters. The molecule has 3 aromatic carbocycles. The van der Waals surface area contributed by atoms with Crippen molar-refractivity contribution in [2.75, 3.05) is 0 Å². The molecule has 4 heteroatoms. The summed E-state index contributed by atoms with van der Waals surface area (Å²) in [6, 6.07) is 24.8. The molecule has 0 amide bonds. The summed E-state index contributed by atoms with van der Waals surface area (Å²) in [4.78, 5) is 0. The fourth-order valence-corrected chi connectivity index (χ4v) is 3.92. The van der Waals surface area contributed by atoms with Gasteiger partial charge in [-0.2, -0.15) is 0 Å². The van der Waals surface area contributed by atoms with Crippen LogP contribution in [0.4, 0.5) is 0 Å². The lowest BCUT2D eigenvalue weighted by atomic mass is 9.72. The zero-order valence-corrected chi connectivity index (χ0v) is 16.3. The third-order valence-electron chi connectivity index (χ3n) is 5.18. The molecule has 1 aromatic heterocycles. The predicted octanol–water partition coefficient (Wildman–Crippen LogP) is 5.31. The number of aromatic nitrogens is 1. The third-order valence-corrected chi connectivity index (χ3v) is 5.18. The minimum Gasteiger partial charge on any atom is -0.423 e. The molecule has 29 heavy (non-hydrogen) atoms. The number of hydrogen-bond donors (Lipinski definition) is 2. The van der Waals surface area contributed by atoms with E-state index in [-0.39, 0.29) is 0 Å². The fraction of sp³-hybridized carbons (Fsp3) is 0.0400. The second kappa shape index (κ2) is 7.96. The molecule has 0 spiro atoms. The molecule has 2 N–H and O–H groups in total. The van der Waals surface area contributed by atoms with E-state index in [4.69, 9.17) is 0 Å². The maximum Gasteiger partial charge on any atom is 0.488 e. The third kappa shape index (κ3) is 3.33. The van der Waals surface area contributed by atoms with E-state index in [1.165, 1.54) is 0 Å². The van der Waals surface area contributed by atoms with E-state index in [0.717, 1.165) is 38.6 Å². The lowest BCUT2D eigenvalue weighted by molar-refractivity contribution is 0.421. The normalized spacial score (nSPS) is 12.5. The predicted molar refractivity (Wildman–Crippen MR) is 123 cm³/mol. The Morgan fingerprint density at radius 2 is 1.59 bits per heavy atom. The van der Waals surface area contributed by atoms with Crippen molar-refractivity contribution in [1.82, 2.24) is 4.57 Å². The van der Waals surface area contributed by atoms with Crippen LogP contribution in [0, 0.1) is 0 Å². The molecule has 0 aliphatic carbocycles. The van der Waals surface area contributed by atoms with E-state index < -0.39 is 7.12 Å². The van der Waals surface area contributed by atoms with Gasteiger partial charge in [-0.1, -0.05) is 67.3 Å². The molecule has 0 saturated heterocycles. The summed E-state index contributed by atoms with van der Waals surface area (Å²) in [5.41, 5.74) is 5.45. The Morgan fingerprint density at radius 3 is 2.28 bits per heavy atom. The van der Waals surface area contributed by atoms with E-state index in [1.807, 2.05) is 42.5 Å². The lowest BCUT2D eigenvalue weighted by Crippen LogP contribution is -2.16. The highest BCUT2D eigenvalue weighted by molar-refractivity contribution is 6.55. The number of rotatable bonds is 5. The van der Waals surface area contributed by atoms with Gasteiger partial charge in [0.2, 0.25) is 0 Å². The van der Waals surface area contributed by atoms with Gasteiger partial charge in [0.25, 0.3) is 0 Å². The van der Waals surface area contributed by atoms with E-state index in [0.29, 0.717) is 5.47 Å². The van der Waals surface area contributed by atoms with Gasteiger partial charge in [-0.25, -0.2) is 0 Å². The van der Waals surface area contributed by atoms with E-state index in [1.54, 1.807) is 19.1 Å². The van der Waals surface area contributed by atoms with E-state index in [9.17, 15) is 10.0 Å². The van der Waals surface area contributed by atoms with Crippen LogP contribution in [0.2, 0.25) is 0 Å². The molecular formula is C25H22BNO2. The van der Waals surface area contributed by atoms with Crippen LogP contribution in [0.3, 0.4) is 0 Å². The van der Waals surface area contributed by atoms with Gasteiger partial charge >= 0.3 is 7.12 Å². The number of benzene rings is 3. The van der Waals surface area contributed by atoms with Gasteiger partial charge in [0, 0.05) is 16.5 Å². The summed E-state index contributed by atoms with van der Waals surface area (Å²) in [7, 11) is -1.55. The van der Waals surface area contributed by atoms with Crippen molar-refractivity contribution < 1.29 is 10.0 Å². The van der Waals surface area contributed by atoms with Crippen molar-refractivity contribution in [1.29, 1.82) is 0 Å². The minimum atomic E-state index is -1.55. The van der Waals surface area contributed by atoms with Crippen molar-refractivity contribution >= 4 is 34.5 Å². The van der Waals surface area contributed by atoms with Crippen molar-refractivity contribution in [2.45, 2.75) is 6.92 Å². The van der Waals surface area contributed by atoms with Gasteiger partial charge in [-0.05, 0) is 53.9 Å². The molecule has 142 valence electrons. The number of allylic oxidation sites excluding steroid dienone is 5. The summed E-state index contributed by atoms with van der Waals surface area (Å²) >= 11 is 0. The molecule has 4 aromatic rings. The molecule has 3 nitrogen and oxygen atoms in total. The Bertz CT molecular complexity index is 1250. The number of para-hydroxylation sites is 2. The van der Waals surface area contributed by atoms with Crippen LogP contribution in [0.5, 0.6) is 0 Å². The SMILES string of the molecule is C=C/C=C(\C(=C/C)B(O)O)c1ccc2c(c1)c1ccccc1n2-c1ccccc1. The first kappa shape index (κ1) is 19.0. The Morgan fingerprint density at radius 1 is 0.897 bits per heavy atom. The standard InChI is InChI=1S/C25H22BNO2/c1-3-10-20(23(4-2)26(28)29)18-15-16-25-22(17-18)21-13-8-9-14-24(21)27(25)19-11-6-5-7-12-19/h3-17,28-29H,1H2,2H3/b20-10-,23-4+. The first-order chi connectivity index (χ1) is 14.2. The highest BCUT2D eigenvalue weighted by atomic mass is 16.4. The van der Waals surface area contributed by atoms with Crippen molar-refractivity contribution in [3.63, 3.8) is 0 Å². The van der Waals surface area contributed by atoms with Crippen LogP contribution in [0.1, 0.15) is 12.5 Å². The monoisotopic (exact) mass is 379 g/mol. The van der Waals surface area contributed by atoms with Crippen LogP contribution < -0.4 is 0 Å². The van der Waals surface area contributed by atoms with Crippen LogP contribution in [0.25, 0.3) is 33.1 Å². The van der Waals surface area contributed by atoms with E-state index >= 15 is 0 Å². The van der Waals surface area contributed by atoms with Crippen molar-refractivity contribution in [2.24, 2.45) is 0 Å². The second-order valence-electron chi connectivity index (χ2n) is 6.85. The highest BCUT2D eigenvalue weighted by Crippen LogP contribution is 2.35. The zero-order chi connectivity index (χ0) is 20.4. The van der Waals surface area contributed by atoms with Gasteiger partial charge in [-0.3, -0.25) is 0 Å². The average molecular weight is 379 g/mol. The highest BCUT2D eigenvalue weighted by Gasteiger charge is 2.20. The molecule has 0 unspecified atom stereocenters. The Kier molecular flexibility index (Phi) is 5.21. The van der Waals surface area contributed by atoms with Crippen LogP contribution >= 0.6 is 0 Å². The topological polar surface area (TPSA) is 45.4 Å². The van der Waals surface area contributed by atoms with Crippen LogP contribution in [0.15, 0.2) is 103 Å². The minimum absolute atomic E-state index is 0.455. The quantitative estimate of drug-likeness (QED) is 0.365. The number of hydrogen-bond acceptors (Lipinski definition) is 2. The molecule has 4 rings (SSSR count). The number of fused-ring (bicyclic) bond motifs is 3. The van der Waals surface area contributed by atoms with Crippen LogP contribution in [-0.2, 0) is 0 Å². The Labute approximate surface area is 170 Å². The summed E-state index contributed by atoms with van der Waals surface area (Å²) in [5.74, 6) is 0. The Balaban J connectivity index is 2.02. The molecule has 0 radical (unpaired) electrons. The largest absolute Gasteiger partial charge is 0.488 e. The van der Waals surface area contributed by atoms with Gasteiger partial charge in [0.15, 0.2) is 0 Å². The molecular weight excluding hydrogens is 357 g/mol. The second-order valence-corrected chi connectivity index (χ2v) is 6.85. The van der Waals surface area contributed by atoms with Crippen LogP contribution in [-0.4, -0.2) is 21.7 Å². The average Bonchev–Trinajstić information content (AvgIpc) is 3.08. The molecule has 0 fully saturated rings. The maximum atomic E-state index is 9.82. The summed E-state index contributed by atoms with van der Waals surface area (Å²) in [6.07, 6.45) is 5.20. The van der Waals surface area contributed by atoms with Gasteiger partial charge in [0.1, 0.15) is 0 Å². The van der Waals surface area contributed by atoms with Gasteiger partial charge in [-0.15, -0.1) is 0 Å². The summed E-state index contributed by atoms with van der Waals surface area (Å²) in [5, 5.41) is 21.9. The lowest BCUT2D eigenvalue weighted by Gasteiger charge is -2.12. The number of nitrogens with zero attached hydrogens (tertiary/aromatic N) is 1. The van der Waals surface area contributed by atoms with Gasteiger partial charge in [0.05, 0.1) is 11.0 Å². The molecule has 1 heterocycles. The van der Waals surface area contributed by atoms with Gasteiger partial charge < -0.3 is 14.6 Å². The molecule has 0 aliphatic heterocycles. The fourth-order valence-electron chi connectivity index (χ4n) is 3.92. The zero-order valence-electron chi connectivity index (χ0n) is 16.3.